The van der Waals surface area contributed by atoms with Crippen LogP contribution < -0.4 is 4.72 Å². The van der Waals surface area contributed by atoms with Crippen LogP contribution in [0.5, 0.6) is 0 Å². The number of anilines is 1. The van der Waals surface area contributed by atoms with Gasteiger partial charge in [-0.25, -0.2) is 13.4 Å². The summed E-state index contributed by atoms with van der Waals surface area (Å²) in [5.41, 5.74) is -1.01. The molecule has 1 aromatic heterocycles. The first-order chi connectivity index (χ1) is 10.3. The van der Waals surface area contributed by atoms with Crippen molar-refractivity contribution in [3.63, 3.8) is 0 Å². The van der Waals surface area contributed by atoms with E-state index >= 15 is 0 Å². The largest absolute Gasteiger partial charge is 0.444 e. The van der Waals surface area contributed by atoms with Crippen LogP contribution in [0.25, 0.3) is 11.3 Å². The van der Waals surface area contributed by atoms with Gasteiger partial charge in [0.1, 0.15) is 0 Å². The minimum atomic E-state index is -4.60. The van der Waals surface area contributed by atoms with Gasteiger partial charge in [-0.2, -0.15) is 13.2 Å². The third-order valence-corrected chi connectivity index (χ3v) is 5.07. The molecule has 0 atom stereocenters. The molecule has 2 aromatic rings. The molecule has 3 rings (SSSR count). The standard InChI is InChI=1S/C13H11F3N2O3S/c14-13(15,16)9-3-8(12-6-17-7-21-12)4-10(5-9)18-22(19,20)11-1-2-11/h3-7,11,18H,1-2H2. The third kappa shape index (κ3) is 3.08. The predicted molar refractivity (Wildman–Crippen MR) is 72.5 cm³/mol. The Morgan fingerprint density at radius 1 is 1.23 bits per heavy atom. The van der Waals surface area contributed by atoms with Crippen molar-refractivity contribution in [2.45, 2.75) is 24.3 Å². The molecule has 0 unspecified atom stereocenters. The van der Waals surface area contributed by atoms with Gasteiger partial charge in [0.05, 0.1) is 17.0 Å². The molecule has 0 radical (unpaired) electrons. The minimum absolute atomic E-state index is 0.0980. The van der Waals surface area contributed by atoms with Gasteiger partial charge >= 0.3 is 6.18 Å². The topological polar surface area (TPSA) is 72.2 Å². The summed E-state index contributed by atoms with van der Waals surface area (Å²) in [6, 6.07) is 2.94. The SMILES string of the molecule is O=S(=O)(Nc1cc(-c2cnco2)cc(C(F)(F)F)c1)C1CC1. The second-order valence-corrected chi connectivity index (χ2v) is 6.97. The molecular formula is C13H11F3N2O3S. The molecule has 1 aromatic carbocycles. The molecule has 0 amide bonds. The smallest absolute Gasteiger partial charge is 0.416 e. The van der Waals surface area contributed by atoms with E-state index in [-0.39, 0.29) is 17.0 Å². The molecular weight excluding hydrogens is 321 g/mol. The highest BCUT2D eigenvalue weighted by Crippen LogP contribution is 2.36. The van der Waals surface area contributed by atoms with Gasteiger partial charge in [0.2, 0.25) is 10.0 Å². The molecule has 0 bridgehead atoms. The molecule has 1 aliphatic rings. The first-order valence-electron chi connectivity index (χ1n) is 6.38. The summed E-state index contributed by atoms with van der Waals surface area (Å²) in [6.07, 6.45) is -1.22. The Morgan fingerprint density at radius 3 is 2.50 bits per heavy atom. The van der Waals surface area contributed by atoms with E-state index in [2.05, 4.69) is 9.71 Å². The first-order valence-corrected chi connectivity index (χ1v) is 7.93. The molecule has 1 saturated carbocycles. The van der Waals surface area contributed by atoms with Gasteiger partial charge in [-0.05, 0) is 31.0 Å². The zero-order chi connectivity index (χ0) is 16.0. The number of hydrogen-bond acceptors (Lipinski definition) is 4. The van der Waals surface area contributed by atoms with Crippen molar-refractivity contribution in [1.29, 1.82) is 0 Å². The summed E-state index contributed by atoms with van der Waals surface area (Å²) in [5, 5.41) is -0.532. The highest BCUT2D eigenvalue weighted by molar-refractivity contribution is 7.93. The number of aromatic nitrogens is 1. The first kappa shape index (κ1) is 14.9. The van der Waals surface area contributed by atoms with Crippen LogP contribution in [0.3, 0.4) is 0 Å². The van der Waals surface area contributed by atoms with E-state index in [1.54, 1.807) is 0 Å². The number of hydrogen-bond donors (Lipinski definition) is 1. The maximum Gasteiger partial charge on any atom is 0.416 e. The molecule has 1 heterocycles. The number of halogens is 3. The maximum atomic E-state index is 13.0. The Morgan fingerprint density at radius 2 is 1.95 bits per heavy atom. The van der Waals surface area contributed by atoms with Crippen LogP contribution in [0, 0.1) is 0 Å². The van der Waals surface area contributed by atoms with Crippen LogP contribution in [0.1, 0.15) is 18.4 Å². The summed E-state index contributed by atoms with van der Waals surface area (Å²) < 4.78 is 69.9. The lowest BCUT2D eigenvalue weighted by atomic mass is 10.1. The Labute approximate surface area is 124 Å². The van der Waals surface area contributed by atoms with Gasteiger partial charge < -0.3 is 4.42 Å². The number of benzene rings is 1. The Bertz CT molecular complexity index is 781. The van der Waals surface area contributed by atoms with Gasteiger partial charge in [-0.3, -0.25) is 4.72 Å². The summed E-state index contributed by atoms with van der Waals surface area (Å²) in [7, 11) is -3.65. The number of alkyl halides is 3. The number of nitrogens with one attached hydrogen (secondary N) is 1. The molecule has 118 valence electrons. The third-order valence-electron chi connectivity index (χ3n) is 3.20. The van der Waals surface area contributed by atoms with Gasteiger partial charge in [-0.15, -0.1) is 0 Å². The Kier molecular flexibility index (Phi) is 3.39. The van der Waals surface area contributed by atoms with Gasteiger partial charge in [0.15, 0.2) is 12.2 Å². The van der Waals surface area contributed by atoms with Crippen molar-refractivity contribution in [2.75, 3.05) is 4.72 Å². The van der Waals surface area contributed by atoms with Crippen molar-refractivity contribution in [3.8, 4) is 11.3 Å². The van der Waals surface area contributed by atoms with Crippen LogP contribution in [0.2, 0.25) is 0 Å². The second-order valence-electron chi connectivity index (χ2n) is 5.01. The molecule has 1 N–H and O–H groups in total. The molecule has 9 heteroatoms. The van der Waals surface area contributed by atoms with Crippen LogP contribution in [-0.2, 0) is 16.2 Å². The van der Waals surface area contributed by atoms with Gasteiger partial charge in [0, 0.05) is 11.3 Å². The molecule has 0 spiro atoms. The average molecular weight is 332 g/mol. The zero-order valence-electron chi connectivity index (χ0n) is 11.1. The van der Waals surface area contributed by atoms with Gasteiger partial charge in [-0.1, -0.05) is 0 Å². The summed E-state index contributed by atoms with van der Waals surface area (Å²) in [5.74, 6) is 0.123. The van der Waals surface area contributed by atoms with E-state index in [1.165, 1.54) is 12.3 Å². The second kappa shape index (κ2) is 5.01. The number of rotatable bonds is 4. The van der Waals surface area contributed by atoms with Crippen LogP contribution in [0.4, 0.5) is 18.9 Å². The monoisotopic (exact) mass is 332 g/mol. The van der Waals surface area contributed by atoms with E-state index in [0.29, 0.717) is 12.8 Å². The fraction of sp³-hybridized carbons (Fsp3) is 0.308. The Balaban J connectivity index is 2.03. The van der Waals surface area contributed by atoms with Crippen LogP contribution in [0.15, 0.2) is 35.2 Å². The molecule has 1 fully saturated rings. The normalized spacial score (nSPS) is 15.8. The summed E-state index contributed by atoms with van der Waals surface area (Å²) in [4.78, 5) is 3.65. The molecule has 0 saturated heterocycles. The number of oxazole rings is 1. The lowest BCUT2D eigenvalue weighted by molar-refractivity contribution is -0.137. The van der Waals surface area contributed by atoms with Crippen molar-refractivity contribution in [1.82, 2.24) is 4.98 Å². The minimum Gasteiger partial charge on any atom is -0.444 e. The van der Waals surface area contributed by atoms with E-state index in [1.807, 2.05) is 0 Å². The lowest BCUT2D eigenvalue weighted by Crippen LogP contribution is -2.18. The summed E-state index contributed by atoms with van der Waals surface area (Å²) in [6.45, 7) is 0. The molecule has 1 aliphatic carbocycles. The zero-order valence-corrected chi connectivity index (χ0v) is 11.9. The highest BCUT2D eigenvalue weighted by atomic mass is 32.2. The number of nitrogens with zero attached hydrogens (tertiary/aromatic N) is 1. The van der Waals surface area contributed by atoms with Crippen molar-refractivity contribution < 1.29 is 26.0 Å². The number of sulfonamides is 1. The highest BCUT2D eigenvalue weighted by Gasteiger charge is 2.37. The Hall–Kier alpha value is -2.03. The molecule has 22 heavy (non-hydrogen) atoms. The predicted octanol–water partition coefficient (Wildman–Crippen LogP) is 3.26. The van der Waals surface area contributed by atoms with Crippen molar-refractivity contribution in [2.24, 2.45) is 0 Å². The average Bonchev–Trinajstić information content (AvgIpc) is 3.14. The maximum absolute atomic E-state index is 13.0. The van der Waals surface area contributed by atoms with Gasteiger partial charge in [0.25, 0.3) is 0 Å². The lowest BCUT2D eigenvalue weighted by Gasteiger charge is -2.13. The van der Waals surface area contributed by atoms with Crippen LogP contribution >= 0.6 is 0 Å². The molecule has 0 aliphatic heterocycles. The van der Waals surface area contributed by atoms with E-state index in [9.17, 15) is 21.6 Å². The fourth-order valence-electron chi connectivity index (χ4n) is 1.98. The van der Waals surface area contributed by atoms with E-state index in [4.69, 9.17) is 4.42 Å². The van der Waals surface area contributed by atoms with E-state index in [0.717, 1.165) is 18.5 Å². The molecule has 5 nitrogen and oxygen atoms in total. The quantitative estimate of drug-likeness (QED) is 0.933. The van der Waals surface area contributed by atoms with Crippen molar-refractivity contribution >= 4 is 15.7 Å². The van der Waals surface area contributed by atoms with E-state index < -0.39 is 27.0 Å². The summed E-state index contributed by atoms with van der Waals surface area (Å²) >= 11 is 0. The van der Waals surface area contributed by atoms with Crippen molar-refractivity contribution in [3.05, 3.63) is 36.4 Å². The fourth-order valence-corrected chi connectivity index (χ4v) is 3.35. The van der Waals surface area contributed by atoms with Crippen LogP contribution in [-0.4, -0.2) is 18.7 Å².